The van der Waals surface area contributed by atoms with Crippen molar-refractivity contribution < 1.29 is 9.53 Å². The highest BCUT2D eigenvalue weighted by atomic mass is 16.5. The van der Waals surface area contributed by atoms with E-state index >= 15 is 0 Å². The van der Waals surface area contributed by atoms with Gasteiger partial charge in [-0.1, -0.05) is 19.8 Å². The first-order chi connectivity index (χ1) is 8.22. The molecule has 92 valence electrons. The molecule has 0 bridgehead atoms. The molecule has 0 radical (unpaired) electrons. The molecule has 1 aromatic rings. The van der Waals surface area contributed by atoms with Crippen LogP contribution in [0.3, 0.4) is 0 Å². The van der Waals surface area contributed by atoms with Crippen molar-refractivity contribution in [3.63, 3.8) is 0 Å². The van der Waals surface area contributed by atoms with Crippen LogP contribution in [0, 0.1) is 11.8 Å². The number of carbonyl (C=O) groups excluding carboxylic acids is 1. The van der Waals surface area contributed by atoms with Gasteiger partial charge in [-0.2, -0.15) is 0 Å². The fourth-order valence-corrected chi connectivity index (χ4v) is 2.63. The summed E-state index contributed by atoms with van der Waals surface area (Å²) in [6, 6.07) is 3.61. The van der Waals surface area contributed by atoms with E-state index in [0.717, 1.165) is 19.3 Å². The van der Waals surface area contributed by atoms with Gasteiger partial charge in [-0.05, 0) is 30.9 Å². The van der Waals surface area contributed by atoms with Crippen molar-refractivity contribution in [3.05, 3.63) is 23.9 Å². The van der Waals surface area contributed by atoms with Crippen LogP contribution in [-0.2, 0) is 0 Å². The monoisotopic (exact) mass is 233 g/mol. The lowest BCUT2D eigenvalue weighted by Gasteiger charge is -2.25. The SMILES string of the molecule is COc1ncccc1C(=O)C1CCCC(C)C1. The number of methoxy groups -OCH3 is 1. The second kappa shape index (κ2) is 5.30. The average molecular weight is 233 g/mol. The normalized spacial score (nSPS) is 24.4. The molecule has 2 rings (SSSR count). The Kier molecular flexibility index (Phi) is 3.77. The Labute approximate surface area is 102 Å². The topological polar surface area (TPSA) is 39.2 Å². The van der Waals surface area contributed by atoms with E-state index in [1.165, 1.54) is 6.42 Å². The molecule has 0 amide bonds. The van der Waals surface area contributed by atoms with Gasteiger partial charge < -0.3 is 4.74 Å². The molecule has 0 N–H and O–H groups in total. The standard InChI is InChI=1S/C14H19NO2/c1-10-5-3-6-11(9-10)13(16)12-7-4-8-15-14(12)17-2/h4,7-8,10-11H,3,5-6,9H2,1-2H3. The lowest BCUT2D eigenvalue weighted by Crippen LogP contribution is -2.22. The summed E-state index contributed by atoms with van der Waals surface area (Å²) < 4.78 is 5.15. The highest BCUT2D eigenvalue weighted by molar-refractivity contribution is 5.99. The smallest absolute Gasteiger partial charge is 0.224 e. The highest BCUT2D eigenvalue weighted by Gasteiger charge is 2.27. The number of Topliss-reactive ketones (excluding diaryl/α,β-unsaturated/α-hetero) is 1. The minimum absolute atomic E-state index is 0.150. The average Bonchev–Trinajstić information content (AvgIpc) is 2.38. The van der Waals surface area contributed by atoms with Crippen molar-refractivity contribution in [1.82, 2.24) is 4.98 Å². The first-order valence-electron chi connectivity index (χ1n) is 6.25. The molecule has 1 aliphatic carbocycles. The third kappa shape index (κ3) is 2.65. The van der Waals surface area contributed by atoms with Gasteiger partial charge in [0.1, 0.15) is 0 Å². The van der Waals surface area contributed by atoms with Gasteiger partial charge in [0.15, 0.2) is 5.78 Å². The molecular formula is C14H19NO2. The van der Waals surface area contributed by atoms with Crippen LogP contribution < -0.4 is 4.74 Å². The zero-order valence-corrected chi connectivity index (χ0v) is 10.5. The second-order valence-corrected chi connectivity index (χ2v) is 4.89. The maximum absolute atomic E-state index is 12.4. The molecule has 2 atom stereocenters. The first-order valence-corrected chi connectivity index (χ1v) is 6.25. The summed E-state index contributed by atoms with van der Waals surface area (Å²) in [4.78, 5) is 16.5. The Bertz CT molecular complexity index is 403. The molecule has 17 heavy (non-hydrogen) atoms. The molecule has 1 aliphatic rings. The van der Waals surface area contributed by atoms with E-state index in [9.17, 15) is 4.79 Å². The van der Waals surface area contributed by atoms with E-state index in [-0.39, 0.29) is 11.7 Å². The van der Waals surface area contributed by atoms with Crippen LogP contribution in [0.2, 0.25) is 0 Å². The van der Waals surface area contributed by atoms with Gasteiger partial charge in [0.05, 0.1) is 12.7 Å². The van der Waals surface area contributed by atoms with Crippen molar-refractivity contribution in [2.24, 2.45) is 11.8 Å². The van der Waals surface area contributed by atoms with E-state index < -0.39 is 0 Å². The van der Waals surface area contributed by atoms with E-state index in [1.54, 1.807) is 19.4 Å². The maximum Gasteiger partial charge on any atom is 0.224 e. The molecule has 1 fully saturated rings. The predicted molar refractivity (Wildman–Crippen MR) is 66.2 cm³/mol. The number of ketones is 1. The number of ether oxygens (including phenoxy) is 1. The van der Waals surface area contributed by atoms with Crippen molar-refractivity contribution in [3.8, 4) is 5.88 Å². The van der Waals surface area contributed by atoms with Gasteiger partial charge in [-0.3, -0.25) is 4.79 Å². The van der Waals surface area contributed by atoms with Crippen LogP contribution in [0.1, 0.15) is 43.0 Å². The number of rotatable bonds is 3. The van der Waals surface area contributed by atoms with E-state index in [1.807, 2.05) is 6.07 Å². The van der Waals surface area contributed by atoms with Crippen LogP contribution in [-0.4, -0.2) is 17.9 Å². The fraction of sp³-hybridized carbons (Fsp3) is 0.571. The van der Waals surface area contributed by atoms with Crippen molar-refractivity contribution in [2.75, 3.05) is 7.11 Å². The quantitative estimate of drug-likeness (QED) is 0.753. The molecular weight excluding hydrogens is 214 g/mol. The summed E-state index contributed by atoms with van der Waals surface area (Å²) in [5.41, 5.74) is 0.633. The predicted octanol–water partition coefficient (Wildman–Crippen LogP) is 3.10. The lowest BCUT2D eigenvalue weighted by atomic mass is 9.79. The Balaban J connectivity index is 2.18. The second-order valence-electron chi connectivity index (χ2n) is 4.89. The summed E-state index contributed by atoms with van der Waals surface area (Å²) in [6.07, 6.45) is 6.05. The minimum Gasteiger partial charge on any atom is -0.480 e. The molecule has 0 aromatic carbocycles. The third-order valence-corrected chi connectivity index (χ3v) is 3.54. The summed E-state index contributed by atoms with van der Waals surface area (Å²) in [5.74, 6) is 1.45. The van der Waals surface area contributed by atoms with Gasteiger partial charge in [0.2, 0.25) is 5.88 Å². The van der Waals surface area contributed by atoms with Gasteiger partial charge >= 0.3 is 0 Å². The zero-order chi connectivity index (χ0) is 12.3. The molecule has 2 unspecified atom stereocenters. The summed E-state index contributed by atoms with van der Waals surface area (Å²) >= 11 is 0. The van der Waals surface area contributed by atoms with Gasteiger partial charge in [-0.25, -0.2) is 4.98 Å². The van der Waals surface area contributed by atoms with Gasteiger partial charge in [0.25, 0.3) is 0 Å². The van der Waals surface area contributed by atoms with Gasteiger partial charge in [0, 0.05) is 12.1 Å². The first kappa shape index (κ1) is 12.1. The van der Waals surface area contributed by atoms with Crippen LogP contribution in [0.5, 0.6) is 5.88 Å². The molecule has 3 heteroatoms. The van der Waals surface area contributed by atoms with Crippen molar-refractivity contribution in [1.29, 1.82) is 0 Å². The largest absolute Gasteiger partial charge is 0.480 e. The maximum atomic E-state index is 12.4. The lowest BCUT2D eigenvalue weighted by molar-refractivity contribution is 0.0864. The van der Waals surface area contributed by atoms with E-state index in [2.05, 4.69) is 11.9 Å². The Morgan fingerprint density at radius 2 is 2.29 bits per heavy atom. The van der Waals surface area contributed by atoms with Crippen LogP contribution in [0.25, 0.3) is 0 Å². The molecule has 3 nitrogen and oxygen atoms in total. The summed E-state index contributed by atoms with van der Waals surface area (Å²) in [5, 5.41) is 0. The molecule has 0 aliphatic heterocycles. The number of pyridine rings is 1. The number of nitrogens with zero attached hydrogens (tertiary/aromatic N) is 1. The molecule has 1 aromatic heterocycles. The van der Waals surface area contributed by atoms with Crippen LogP contribution in [0.15, 0.2) is 18.3 Å². The Hall–Kier alpha value is -1.38. The number of hydrogen-bond donors (Lipinski definition) is 0. The summed E-state index contributed by atoms with van der Waals surface area (Å²) in [7, 11) is 1.56. The minimum atomic E-state index is 0.150. The number of hydrogen-bond acceptors (Lipinski definition) is 3. The van der Waals surface area contributed by atoms with Crippen LogP contribution >= 0.6 is 0 Å². The Morgan fingerprint density at radius 1 is 1.47 bits per heavy atom. The zero-order valence-electron chi connectivity index (χ0n) is 10.5. The molecule has 0 spiro atoms. The van der Waals surface area contributed by atoms with E-state index in [0.29, 0.717) is 17.4 Å². The number of aromatic nitrogens is 1. The third-order valence-electron chi connectivity index (χ3n) is 3.54. The van der Waals surface area contributed by atoms with E-state index in [4.69, 9.17) is 4.74 Å². The Morgan fingerprint density at radius 3 is 3.00 bits per heavy atom. The van der Waals surface area contributed by atoms with Crippen molar-refractivity contribution in [2.45, 2.75) is 32.6 Å². The number of carbonyl (C=O) groups is 1. The molecule has 1 heterocycles. The highest BCUT2D eigenvalue weighted by Crippen LogP contribution is 2.32. The van der Waals surface area contributed by atoms with Gasteiger partial charge in [-0.15, -0.1) is 0 Å². The summed E-state index contributed by atoms with van der Waals surface area (Å²) in [6.45, 7) is 2.22. The van der Waals surface area contributed by atoms with Crippen LogP contribution in [0.4, 0.5) is 0 Å². The van der Waals surface area contributed by atoms with Crippen molar-refractivity contribution >= 4 is 5.78 Å². The molecule has 0 saturated heterocycles. The molecule has 1 saturated carbocycles. The fourth-order valence-electron chi connectivity index (χ4n) is 2.63.